The third-order valence-corrected chi connectivity index (χ3v) is 11.1. The topological polar surface area (TPSA) is 78.9 Å². The first-order valence-corrected chi connectivity index (χ1v) is 26.7. The average molecular weight is 903 g/mol. The molecule has 0 unspecified atom stereocenters. The highest BCUT2D eigenvalue weighted by molar-refractivity contribution is 5.71. The van der Waals surface area contributed by atoms with Crippen molar-refractivity contribution in [3.05, 3.63) is 97.2 Å². The molecule has 0 aliphatic heterocycles. The van der Waals surface area contributed by atoms with Crippen molar-refractivity contribution in [3.8, 4) is 0 Å². The number of hydrogen-bond acceptors (Lipinski definition) is 6. The Balaban J connectivity index is 4.51. The van der Waals surface area contributed by atoms with Gasteiger partial charge in [-0.25, -0.2) is 0 Å². The van der Waals surface area contributed by atoms with E-state index >= 15 is 0 Å². The number of hydrogen-bond donors (Lipinski definition) is 0. The van der Waals surface area contributed by atoms with Gasteiger partial charge in [-0.3, -0.25) is 14.4 Å². The fourth-order valence-electron chi connectivity index (χ4n) is 7.07. The molecule has 6 nitrogen and oxygen atoms in total. The highest BCUT2D eigenvalue weighted by atomic mass is 16.6. The van der Waals surface area contributed by atoms with Crippen LogP contribution in [0.25, 0.3) is 0 Å². The largest absolute Gasteiger partial charge is 0.462 e. The fourth-order valence-corrected chi connectivity index (χ4v) is 7.07. The Morgan fingerprint density at radius 3 is 1.02 bits per heavy atom. The maximum Gasteiger partial charge on any atom is 0.306 e. The normalized spacial score (nSPS) is 12.8. The third-order valence-electron chi connectivity index (χ3n) is 11.1. The van der Waals surface area contributed by atoms with E-state index in [1.165, 1.54) is 96.3 Å². The molecule has 65 heavy (non-hydrogen) atoms. The number of carbonyl (C=O) groups is 3. The van der Waals surface area contributed by atoms with E-state index in [0.717, 1.165) is 89.9 Å². The minimum absolute atomic E-state index is 0.106. The lowest BCUT2D eigenvalue weighted by Gasteiger charge is -2.18. The summed E-state index contributed by atoms with van der Waals surface area (Å²) in [5.74, 6) is -0.995. The van der Waals surface area contributed by atoms with E-state index in [4.69, 9.17) is 14.2 Å². The van der Waals surface area contributed by atoms with Crippen molar-refractivity contribution in [2.75, 3.05) is 13.2 Å². The molecule has 0 spiro atoms. The van der Waals surface area contributed by atoms with Crippen LogP contribution in [0.5, 0.6) is 0 Å². The molecular weight excluding hydrogens is 805 g/mol. The first kappa shape index (κ1) is 61.3. The van der Waals surface area contributed by atoms with Crippen molar-refractivity contribution in [3.63, 3.8) is 0 Å². The lowest BCUT2D eigenvalue weighted by Crippen LogP contribution is -2.30. The first-order valence-electron chi connectivity index (χ1n) is 26.7. The molecule has 1 atom stereocenters. The summed E-state index contributed by atoms with van der Waals surface area (Å²) in [4.78, 5) is 38.0. The molecule has 0 bridgehead atoms. The van der Waals surface area contributed by atoms with Gasteiger partial charge < -0.3 is 14.2 Å². The predicted octanol–water partition coefficient (Wildman–Crippen LogP) is 17.8. The number of ether oxygens (including phenoxy) is 3. The zero-order valence-electron chi connectivity index (χ0n) is 42.2. The zero-order valence-corrected chi connectivity index (χ0v) is 42.2. The molecule has 370 valence electrons. The lowest BCUT2D eigenvalue weighted by molar-refractivity contribution is -0.167. The molecule has 0 saturated carbocycles. The molecule has 0 rings (SSSR count). The molecule has 0 aromatic carbocycles. The average Bonchev–Trinajstić information content (AvgIpc) is 3.30. The number of rotatable bonds is 47. The Kier molecular flexibility index (Phi) is 50.0. The van der Waals surface area contributed by atoms with Crippen LogP contribution in [-0.4, -0.2) is 37.2 Å². The number of unbranched alkanes of at least 4 members (excludes halogenated alkanes) is 20. The van der Waals surface area contributed by atoms with Crippen molar-refractivity contribution in [2.45, 2.75) is 245 Å². The van der Waals surface area contributed by atoms with Crippen molar-refractivity contribution in [2.24, 2.45) is 0 Å². The Labute approximate surface area is 400 Å². The third kappa shape index (κ3) is 51.2. The summed E-state index contributed by atoms with van der Waals surface area (Å²) in [6.45, 7) is 6.43. The molecule has 0 aliphatic carbocycles. The van der Waals surface area contributed by atoms with Gasteiger partial charge in [0.15, 0.2) is 6.10 Å². The SMILES string of the molecule is CC/C=C\C/C=C\C/C=C\C/C=C\C/C=C\CCCCCC(=O)O[C@H](COC(=O)CCC/C=C\C/C=C\C/C=C\CCCCCCCC)COC(=O)CCCCCCCCCCCCC. The quantitative estimate of drug-likeness (QED) is 0.0262. The maximum absolute atomic E-state index is 12.8. The Bertz CT molecular complexity index is 1310. The van der Waals surface area contributed by atoms with E-state index in [1.807, 2.05) is 0 Å². The van der Waals surface area contributed by atoms with Gasteiger partial charge in [-0.2, -0.15) is 0 Å². The van der Waals surface area contributed by atoms with E-state index < -0.39 is 6.10 Å². The Hall–Kier alpha value is -3.67. The molecular formula is C59H98O6. The van der Waals surface area contributed by atoms with E-state index in [-0.39, 0.29) is 44.0 Å². The highest BCUT2D eigenvalue weighted by Crippen LogP contribution is 2.14. The lowest BCUT2D eigenvalue weighted by atomic mass is 10.1. The van der Waals surface area contributed by atoms with Crippen LogP contribution in [0.15, 0.2) is 97.2 Å². The molecule has 0 fully saturated rings. The molecule has 0 aliphatic rings. The van der Waals surface area contributed by atoms with Crippen LogP contribution in [-0.2, 0) is 28.6 Å². The molecule has 0 aromatic heterocycles. The zero-order chi connectivity index (χ0) is 47.2. The maximum atomic E-state index is 12.8. The van der Waals surface area contributed by atoms with Crippen molar-refractivity contribution in [1.29, 1.82) is 0 Å². The number of allylic oxidation sites excluding steroid dienone is 16. The summed E-state index contributed by atoms with van der Waals surface area (Å²) in [6.07, 6.45) is 69.7. The summed E-state index contributed by atoms with van der Waals surface area (Å²) in [5.41, 5.74) is 0. The first-order chi connectivity index (χ1) is 32.0. The van der Waals surface area contributed by atoms with E-state index in [0.29, 0.717) is 19.3 Å². The second-order valence-corrected chi connectivity index (χ2v) is 17.4. The minimum atomic E-state index is -0.814. The van der Waals surface area contributed by atoms with Gasteiger partial charge in [0, 0.05) is 19.3 Å². The Morgan fingerprint density at radius 1 is 0.323 bits per heavy atom. The van der Waals surface area contributed by atoms with Crippen molar-refractivity contribution < 1.29 is 28.6 Å². The van der Waals surface area contributed by atoms with Crippen LogP contribution in [0.2, 0.25) is 0 Å². The van der Waals surface area contributed by atoms with Crippen LogP contribution in [0.4, 0.5) is 0 Å². The summed E-state index contributed by atoms with van der Waals surface area (Å²) in [6, 6.07) is 0. The predicted molar refractivity (Wildman–Crippen MR) is 279 cm³/mol. The summed E-state index contributed by atoms with van der Waals surface area (Å²) < 4.78 is 16.7. The highest BCUT2D eigenvalue weighted by Gasteiger charge is 2.19. The smallest absolute Gasteiger partial charge is 0.306 e. The minimum Gasteiger partial charge on any atom is -0.462 e. The van der Waals surface area contributed by atoms with Crippen LogP contribution < -0.4 is 0 Å². The fraction of sp³-hybridized carbons (Fsp3) is 0.678. The second-order valence-electron chi connectivity index (χ2n) is 17.4. The standard InChI is InChI=1S/C59H98O6/c1-4-7-10-13-16-19-22-24-26-28-29-31-33-35-38-41-44-47-50-53-59(62)65-56(54-63-57(60)51-48-45-42-39-36-21-18-15-12-9-6-3)55-64-58(61)52-49-46-43-40-37-34-32-30-27-25-23-20-17-14-11-8-5-2/h7,10,16,19,24-27,29,31-32,34-35,38,40,43,56H,4-6,8-9,11-15,17-18,20-23,28,30,33,36-37,39,41-42,44-55H2,1-3H3/b10-7-,19-16-,26-24-,27-25-,31-29-,34-32-,38-35-,43-40-/t56-/m0/s1. The summed E-state index contributed by atoms with van der Waals surface area (Å²) >= 11 is 0. The van der Waals surface area contributed by atoms with Crippen LogP contribution in [0.3, 0.4) is 0 Å². The van der Waals surface area contributed by atoms with E-state index in [2.05, 4.69) is 118 Å². The van der Waals surface area contributed by atoms with Crippen LogP contribution >= 0.6 is 0 Å². The van der Waals surface area contributed by atoms with Gasteiger partial charge in [0.2, 0.25) is 0 Å². The van der Waals surface area contributed by atoms with Gasteiger partial charge in [-0.15, -0.1) is 0 Å². The van der Waals surface area contributed by atoms with Gasteiger partial charge in [-0.05, 0) is 96.3 Å². The summed E-state index contributed by atoms with van der Waals surface area (Å²) in [5, 5.41) is 0. The molecule has 0 saturated heterocycles. The van der Waals surface area contributed by atoms with Crippen LogP contribution in [0, 0.1) is 0 Å². The van der Waals surface area contributed by atoms with E-state index in [9.17, 15) is 14.4 Å². The molecule has 6 heteroatoms. The van der Waals surface area contributed by atoms with Gasteiger partial charge in [-0.1, -0.05) is 221 Å². The van der Waals surface area contributed by atoms with Gasteiger partial charge in [0.1, 0.15) is 13.2 Å². The number of esters is 3. The monoisotopic (exact) mass is 903 g/mol. The number of carbonyl (C=O) groups excluding carboxylic acids is 3. The van der Waals surface area contributed by atoms with Crippen molar-refractivity contribution in [1.82, 2.24) is 0 Å². The van der Waals surface area contributed by atoms with E-state index in [1.54, 1.807) is 0 Å². The Morgan fingerprint density at radius 2 is 0.615 bits per heavy atom. The molecule has 0 aromatic rings. The van der Waals surface area contributed by atoms with Gasteiger partial charge in [0.25, 0.3) is 0 Å². The van der Waals surface area contributed by atoms with Crippen LogP contribution in [0.1, 0.15) is 239 Å². The van der Waals surface area contributed by atoms with Crippen molar-refractivity contribution >= 4 is 17.9 Å². The molecule has 0 heterocycles. The van der Waals surface area contributed by atoms with Gasteiger partial charge >= 0.3 is 17.9 Å². The second kappa shape index (κ2) is 52.9. The molecule has 0 amide bonds. The summed E-state index contributed by atoms with van der Waals surface area (Å²) in [7, 11) is 0. The van der Waals surface area contributed by atoms with Gasteiger partial charge in [0.05, 0.1) is 0 Å². The molecule has 0 N–H and O–H groups in total. The molecule has 0 radical (unpaired) electrons.